The Morgan fingerprint density at radius 1 is 1.35 bits per heavy atom. The fourth-order valence-electron chi connectivity index (χ4n) is 3.13. The Kier molecular flexibility index (Phi) is 2.33. The molecule has 2 aliphatic rings. The molecular formula is C15H14ClN7. The maximum atomic E-state index is 6.72. The summed E-state index contributed by atoms with van der Waals surface area (Å²) in [7, 11) is 0. The monoisotopic (exact) mass is 327 g/mol. The zero-order valence-electron chi connectivity index (χ0n) is 12.7. The maximum Gasteiger partial charge on any atom is 0.167 e. The van der Waals surface area contributed by atoms with Crippen LogP contribution >= 0.6 is 11.6 Å². The minimum atomic E-state index is 0.0478. The third-order valence-corrected chi connectivity index (χ3v) is 4.96. The van der Waals surface area contributed by atoms with Gasteiger partial charge in [-0.25, -0.2) is 15.0 Å². The summed E-state index contributed by atoms with van der Waals surface area (Å²) in [5.74, 6) is 2.12. The Morgan fingerprint density at radius 3 is 2.87 bits per heavy atom. The zero-order valence-corrected chi connectivity index (χ0v) is 13.4. The van der Waals surface area contributed by atoms with E-state index in [0.717, 1.165) is 41.0 Å². The molecule has 0 bridgehead atoms. The average Bonchev–Trinajstić information content (AvgIpc) is 2.86. The minimum absolute atomic E-state index is 0.0478. The summed E-state index contributed by atoms with van der Waals surface area (Å²) < 4.78 is 2.12. The smallest absolute Gasteiger partial charge is 0.167 e. The fraction of sp³-hybridized carbons (Fsp3) is 0.333. The van der Waals surface area contributed by atoms with Gasteiger partial charge in [0.05, 0.1) is 16.6 Å². The van der Waals surface area contributed by atoms with Gasteiger partial charge >= 0.3 is 0 Å². The van der Waals surface area contributed by atoms with E-state index in [4.69, 9.17) is 11.6 Å². The van der Waals surface area contributed by atoms with E-state index in [1.807, 2.05) is 13.0 Å². The molecule has 8 heteroatoms. The number of nitrogens with zero attached hydrogens (tertiary/aromatic N) is 5. The molecule has 5 rings (SSSR count). The summed E-state index contributed by atoms with van der Waals surface area (Å²) in [6, 6.07) is 1.92. The van der Waals surface area contributed by atoms with Gasteiger partial charge in [-0.05, 0) is 26.7 Å². The molecule has 0 radical (unpaired) electrons. The molecule has 1 saturated carbocycles. The van der Waals surface area contributed by atoms with E-state index in [-0.39, 0.29) is 5.54 Å². The van der Waals surface area contributed by atoms with Crippen LogP contribution in [-0.2, 0) is 5.54 Å². The van der Waals surface area contributed by atoms with Crippen LogP contribution in [0.1, 0.15) is 31.0 Å². The highest BCUT2D eigenvalue weighted by atomic mass is 35.5. The summed E-state index contributed by atoms with van der Waals surface area (Å²) in [6.07, 6.45) is 3.76. The summed E-state index contributed by atoms with van der Waals surface area (Å²) in [6.45, 7) is 4.13. The van der Waals surface area contributed by atoms with Crippen molar-refractivity contribution in [3.8, 4) is 0 Å². The third kappa shape index (κ3) is 1.71. The van der Waals surface area contributed by atoms with Gasteiger partial charge < -0.3 is 9.88 Å². The van der Waals surface area contributed by atoms with E-state index in [9.17, 15) is 0 Å². The molecule has 3 aromatic heterocycles. The Bertz CT molecular complexity index is 993. The SMILES string of the molecule is Cc1cc(NC2=Nc3ncnc4c3c2c(Cl)n4C2(C)CC2)[nH]n1. The van der Waals surface area contributed by atoms with Crippen LogP contribution in [0.2, 0.25) is 5.15 Å². The lowest BCUT2D eigenvalue weighted by molar-refractivity contribution is 0.549. The molecule has 0 spiro atoms. The highest BCUT2D eigenvalue weighted by Crippen LogP contribution is 2.50. The molecule has 1 fully saturated rings. The van der Waals surface area contributed by atoms with Crippen LogP contribution in [0.4, 0.5) is 11.6 Å². The lowest BCUT2D eigenvalue weighted by Gasteiger charge is -2.14. The average molecular weight is 328 g/mol. The number of amidine groups is 1. The molecule has 4 heterocycles. The molecule has 0 aromatic carbocycles. The third-order valence-electron chi connectivity index (χ3n) is 4.60. The molecular weight excluding hydrogens is 314 g/mol. The van der Waals surface area contributed by atoms with Crippen LogP contribution < -0.4 is 5.32 Å². The molecule has 0 atom stereocenters. The Hall–Kier alpha value is -2.41. The number of hydrogen-bond donors (Lipinski definition) is 2. The van der Waals surface area contributed by atoms with Crippen molar-refractivity contribution in [1.29, 1.82) is 0 Å². The van der Waals surface area contributed by atoms with Crippen molar-refractivity contribution in [2.75, 3.05) is 5.32 Å². The molecule has 0 unspecified atom stereocenters. The Balaban J connectivity index is 1.70. The van der Waals surface area contributed by atoms with E-state index in [1.165, 1.54) is 0 Å². The van der Waals surface area contributed by atoms with E-state index in [2.05, 4.69) is 42.0 Å². The van der Waals surface area contributed by atoms with Gasteiger partial charge in [0.2, 0.25) is 0 Å². The topological polar surface area (TPSA) is 83.8 Å². The van der Waals surface area contributed by atoms with Crippen molar-refractivity contribution >= 4 is 40.1 Å². The molecule has 1 aliphatic carbocycles. The minimum Gasteiger partial charge on any atom is -0.325 e. The first-order valence-electron chi connectivity index (χ1n) is 7.50. The molecule has 0 amide bonds. The van der Waals surface area contributed by atoms with Crippen LogP contribution in [0.5, 0.6) is 0 Å². The van der Waals surface area contributed by atoms with Crippen molar-refractivity contribution in [3.63, 3.8) is 0 Å². The highest BCUT2D eigenvalue weighted by molar-refractivity contribution is 6.38. The Morgan fingerprint density at radius 2 is 2.17 bits per heavy atom. The van der Waals surface area contributed by atoms with Crippen molar-refractivity contribution < 1.29 is 0 Å². The van der Waals surface area contributed by atoms with Crippen molar-refractivity contribution in [3.05, 3.63) is 28.8 Å². The number of hydrogen-bond acceptors (Lipinski definition) is 5. The second-order valence-electron chi connectivity index (χ2n) is 6.40. The van der Waals surface area contributed by atoms with Crippen molar-refractivity contribution in [2.45, 2.75) is 32.2 Å². The van der Waals surface area contributed by atoms with Gasteiger partial charge in [-0.3, -0.25) is 5.10 Å². The van der Waals surface area contributed by atoms with Gasteiger partial charge in [-0.1, -0.05) is 11.6 Å². The van der Waals surface area contributed by atoms with E-state index < -0.39 is 0 Å². The number of rotatable bonds is 2. The van der Waals surface area contributed by atoms with Crippen LogP contribution in [0.25, 0.3) is 11.0 Å². The van der Waals surface area contributed by atoms with E-state index >= 15 is 0 Å². The summed E-state index contributed by atoms with van der Waals surface area (Å²) in [4.78, 5) is 13.3. The van der Waals surface area contributed by atoms with E-state index in [0.29, 0.717) is 16.8 Å². The number of aromatic nitrogens is 5. The molecule has 7 nitrogen and oxygen atoms in total. The van der Waals surface area contributed by atoms with Crippen LogP contribution in [0, 0.1) is 6.92 Å². The first-order valence-corrected chi connectivity index (χ1v) is 7.88. The Labute approximate surface area is 136 Å². The second kappa shape index (κ2) is 4.11. The molecule has 23 heavy (non-hydrogen) atoms. The summed E-state index contributed by atoms with van der Waals surface area (Å²) in [5.41, 5.74) is 2.68. The number of halogens is 1. The highest BCUT2D eigenvalue weighted by Gasteiger charge is 2.44. The van der Waals surface area contributed by atoms with Crippen molar-refractivity contribution in [1.82, 2.24) is 24.7 Å². The molecule has 0 saturated heterocycles. The predicted molar refractivity (Wildman–Crippen MR) is 88.6 cm³/mol. The van der Waals surface area contributed by atoms with Gasteiger partial charge in [0.15, 0.2) is 5.82 Å². The molecule has 1 aliphatic heterocycles. The molecule has 3 aromatic rings. The van der Waals surface area contributed by atoms with E-state index in [1.54, 1.807) is 6.33 Å². The maximum absolute atomic E-state index is 6.72. The number of aryl methyl sites for hydroxylation is 1. The van der Waals surface area contributed by atoms with Crippen LogP contribution in [-0.4, -0.2) is 30.6 Å². The zero-order chi connectivity index (χ0) is 15.8. The predicted octanol–water partition coefficient (Wildman–Crippen LogP) is 3.13. The number of anilines is 1. The largest absolute Gasteiger partial charge is 0.325 e. The van der Waals surface area contributed by atoms with Crippen LogP contribution in [0.3, 0.4) is 0 Å². The number of nitrogens with one attached hydrogen (secondary N) is 2. The molecule has 2 N–H and O–H groups in total. The summed E-state index contributed by atoms with van der Waals surface area (Å²) in [5, 5.41) is 11.9. The first kappa shape index (κ1) is 13.1. The lowest BCUT2D eigenvalue weighted by atomic mass is 10.2. The first-order chi connectivity index (χ1) is 11.1. The quantitative estimate of drug-likeness (QED) is 0.757. The molecule has 116 valence electrons. The normalized spacial score (nSPS) is 17.6. The van der Waals surface area contributed by atoms with Gasteiger partial charge in [0.1, 0.15) is 28.8 Å². The van der Waals surface area contributed by atoms with Crippen LogP contribution in [0.15, 0.2) is 17.4 Å². The number of aromatic amines is 1. The summed E-state index contributed by atoms with van der Waals surface area (Å²) >= 11 is 6.72. The van der Waals surface area contributed by atoms with Gasteiger partial charge in [0, 0.05) is 11.6 Å². The second-order valence-corrected chi connectivity index (χ2v) is 6.76. The number of H-pyrrole nitrogens is 1. The van der Waals surface area contributed by atoms with Gasteiger partial charge in [0.25, 0.3) is 0 Å². The van der Waals surface area contributed by atoms with Gasteiger partial charge in [-0.2, -0.15) is 5.10 Å². The lowest BCUT2D eigenvalue weighted by Crippen LogP contribution is -2.16. The fourth-order valence-corrected chi connectivity index (χ4v) is 3.60. The number of aliphatic imine (C=N–C) groups is 1. The van der Waals surface area contributed by atoms with Gasteiger partial charge in [-0.15, -0.1) is 0 Å². The standard InChI is InChI=1S/C15H14ClN7/c1-7-5-8(22-21-7)19-13-9-10-12(20-13)17-6-18-14(10)23(11(9)16)15(2)3-4-15/h5-6H,3-4H2,1-2H3,(H2,17,18,19,20,21,22). The van der Waals surface area contributed by atoms with Crippen molar-refractivity contribution in [2.24, 2.45) is 4.99 Å².